The van der Waals surface area contributed by atoms with Crippen LogP contribution in [-0.4, -0.2) is 43.6 Å². The predicted molar refractivity (Wildman–Crippen MR) is 137 cm³/mol. The van der Waals surface area contributed by atoms with Gasteiger partial charge < -0.3 is 9.30 Å². The number of aromatic nitrogens is 1. The van der Waals surface area contributed by atoms with Gasteiger partial charge in [0, 0.05) is 25.0 Å². The molecule has 182 valence electrons. The van der Waals surface area contributed by atoms with Crippen molar-refractivity contribution >= 4 is 38.4 Å². The van der Waals surface area contributed by atoms with Gasteiger partial charge in [0.1, 0.15) is 5.82 Å². The number of ether oxygens (including phenoxy) is 1. The minimum absolute atomic E-state index is 0.244. The molecule has 0 amide bonds. The molecule has 0 unspecified atom stereocenters. The van der Waals surface area contributed by atoms with Crippen LogP contribution in [0.1, 0.15) is 5.56 Å². The first-order chi connectivity index (χ1) is 17.0. The van der Waals surface area contributed by atoms with E-state index < -0.39 is 10.0 Å². The largest absolute Gasteiger partial charge is 0.379 e. The Hall–Kier alpha value is -2.63. The van der Waals surface area contributed by atoms with Crippen molar-refractivity contribution in [1.29, 1.82) is 0 Å². The number of thiazole rings is 1. The maximum absolute atomic E-state index is 13.3. The molecule has 1 fully saturated rings. The molecule has 6 nitrogen and oxygen atoms in total. The lowest BCUT2D eigenvalue weighted by molar-refractivity contribution is 0.0730. The van der Waals surface area contributed by atoms with Gasteiger partial charge in [-0.3, -0.25) is 0 Å². The van der Waals surface area contributed by atoms with E-state index in [-0.39, 0.29) is 10.7 Å². The van der Waals surface area contributed by atoms with Crippen LogP contribution in [0.25, 0.3) is 10.6 Å². The van der Waals surface area contributed by atoms with E-state index in [2.05, 4.69) is 16.0 Å². The molecule has 5 rings (SSSR count). The molecule has 0 spiro atoms. The van der Waals surface area contributed by atoms with Gasteiger partial charge in [-0.25, -0.2) is 17.8 Å². The number of hydrogen-bond donors (Lipinski definition) is 0. The average Bonchev–Trinajstić information content (AvgIpc) is 3.55. The quantitative estimate of drug-likeness (QED) is 0.342. The second-order valence-corrected chi connectivity index (χ2v) is 11.8. The summed E-state index contributed by atoms with van der Waals surface area (Å²) in [6.07, 6.45) is 0.735. The lowest BCUT2D eigenvalue weighted by atomic mass is 10.1. The smallest absolute Gasteiger partial charge is 0.243 e. The Kier molecular flexibility index (Phi) is 7.26. The highest BCUT2D eigenvalue weighted by molar-refractivity contribution is 7.89. The highest BCUT2D eigenvalue weighted by atomic mass is 32.2. The molecule has 10 heteroatoms. The maximum atomic E-state index is 13.3. The van der Waals surface area contributed by atoms with E-state index in [9.17, 15) is 12.8 Å². The summed E-state index contributed by atoms with van der Waals surface area (Å²) in [6.45, 7) is 2.24. The van der Waals surface area contributed by atoms with Crippen LogP contribution in [0.15, 0.2) is 81.3 Å². The summed E-state index contributed by atoms with van der Waals surface area (Å²) in [5.74, 6) is -0.244. The van der Waals surface area contributed by atoms with Crippen molar-refractivity contribution in [3.05, 3.63) is 87.6 Å². The lowest BCUT2D eigenvalue weighted by Crippen LogP contribution is -2.40. The first kappa shape index (κ1) is 24.1. The Bertz CT molecular complexity index is 1440. The number of aryl methyl sites for hydroxylation is 1. The van der Waals surface area contributed by atoms with E-state index in [4.69, 9.17) is 9.73 Å². The first-order valence-corrected chi connectivity index (χ1v) is 14.4. The number of halogens is 1. The second-order valence-electron chi connectivity index (χ2n) is 8.03. The van der Waals surface area contributed by atoms with Crippen LogP contribution in [0.3, 0.4) is 0 Å². The summed E-state index contributed by atoms with van der Waals surface area (Å²) in [6, 6.07) is 17.4. The van der Waals surface area contributed by atoms with Crippen LogP contribution in [0.4, 0.5) is 10.1 Å². The van der Waals surface area contributed by atoms with Gasteiger partial charge in [-0.05, 0) is 59.8 Å². The summed E-state index contributed by atoms with van der Waals surface area (Å²) < 4.78 is 48.0. The Morgan fingerprint density at radius 3 is 2.40 bits per heavy atom. The number of thiophene rings is 1. The third-order valence-corrected chi connectivity index (χ3v) is 9.45. The highest BCUT2D eigenvalue weighted by Crippen LogP contribution is 2.26. The number of nitrogens with zero attached hydrogens (tertiary/aromatic N) is 3. The zero-order chi connectivity index (χ0) is 24.3. The molecule has 1 aliphatic rings. The van der Waals surface area contributed by atoms with Crippen LogP contribution in [0.5, 0.6) is 0 Å². The Labute approximate surface area is 211 Å². The summed E-state index contributed by atoms with van der Waals surface area (Å²) in [4.78, 5) is 7.05. The van der Waals surface area contributed by atoms with Crippen molar-refractivity contribution < 1.29 is 17.5 Å². The SMILES string of the molecule is O=S(=O)(c1ccc(N=c2scc(-c3cccs3)n2CCc2ccc(F)cc2)cc1)N1CCOCC1. The van der Waals surface area contributed by atoms with Gasteiger partial charge in [-0.1, -0.05) is 18.2 Å². The van der Waals surface area contributed by atoms with Crippen molar-refractivity contribution in [1.82, 2.24) is 8.87 Å². The molecule has 2 aromatic heterocycles. The van der Waals surface area contributed by atoms with Gasteiger partial charge in [-0.15, -0.1) is 22.7 Å². The molecule has 0 bridgehead atoms. The van der Waals surface area contributed by atoms with Crippen LogP contribution in [-0.2, 0) is 27.7 Å². The summed E-state index contributed by atoms with van der Waals surface area (Å²) in [7, 11) is -3.54. The fraction of sp³-hybridized carbons (Fsp3) is 0.240. The Morgan fingerprint density at radius 2 is 1.71 bits per heavy atom. The van der Waals surface area contributed by atoms with Crippen molar-refractivity contribution in [3.63, 3.8) is 0 Å². The third kappa shape index (κ3) is 5.46. The van der Waals surface area contributed by atoms with E-state index in [0.29, 0.717) is 38.5 Å². The number of benzene rings is 2. The average molecular weight is 530 g/mol. The number of rotatable bonds is 7. The van der Waals surface area contributed by atoms with Crippen LogP contribution >= 0.6 is 22.7 Å². The molecule has 1 saturated heterocycles. The fourth-order valence-electron chi connectivity index (χ4n) is 3.89. The number of hydrogen-bond acceptors (Lipinski definition) is 6. The van der Waals surface area contributed by atoms with Gasteiger partial charge in [0.15, 0.2) is 4.80 Å². The Morgan fingerprint density at radius 1 is 0.971 bits per heavy atom. The molecular formula is C25H24FN3O3S3. The van der Waals surface area contributed by atoms with Gasteiger partial charge >= 0.3 is 0 Å². The second kappa shape index (κ2) is 10.5. The van der Waals surface area contributed by atoms with Crippen molar-refractivity contribution in [2.45, 2.75) is 17.9 Å². The topological polar surface area (TPSA) is 63.9 Å². The normalized spacial score (nSPS) is 15.5. The molecular weight excluding hydrogens is 505 g/mol. The van der Waals surface area contributed by atoms with E-state index in [0.717, 1.165) is 27.4 Å². The zero-order valence-electron chi connectivity index (χ0n) is 18.8. The van der Waals surface area contributed by atoms with Gasteiger partial charge in [-0.2, -0.15) is 4.31 Å². The first-order valence-electron chi connectivity index (χ1n) is 11.2. The molecule has 0 N–H and O–H groups in total. The van der Waals surface area contributed by atoms with Gasteiger partial charge in [0.2, 0.25) is 10.0 Å². The standard InChI is InChI=1S/C25H24FN3O3S3/c26-20-5-3-19(4-6-20)11-12-29-23(24-2-1-17-33-24)18-34-25(29)27-21-7-9-22(10-8-21)35(30,31)28-13-15-32-16-14-28/h1-10,17-18H,11-16H2. The van der Waals surface area contributed by atoms with Crippen molar-refractivity contribution in [3.8, 4) is 10.6 Å². The fourth-order valence-corrected chi connectivity index (χ4v) is 7.07. The molecule has 0 atom stereocenters. The summed E-state index contributed by atoms with van der Waals surface area (Å²) in [5.41, 5.74) is 2.81. The summed E-state index contributed by atoms with van der Waals surface area (Å²) in [5, 5.41) is 4.13. The highest BCUT2D eigenvalue weighted by Gasteiger charge is 2.26. The molecule has 3 heterocycles. The van der Waals surface area contributed by atoms with E-state index >= 15 is 0 Å². The van der Waals surface area contributed by atoms with Gasteiger partial charge in [0.25, 0.3) is 0 Å². The number of morpholine rings is 1. The monoisotopic (exact) mass is 529 g/mol. The Balaban J connectivity index is 1.44. The molecule has 2 aromatic carbocycles. The van der Waals surface area contributed by atoms with Crippen molar-refractivity contribution in [2.24, 2.45) is 4.99 Å². The van der Waals surface area contributed by atoms with Gasteiger partial charge in [0.05, 0.1) is 34.4 Å². The summed E-state index contributed by atoms with van der Waals surface area (Å²) >= 11 is 3.21. The minimum Gasteiger partial charge on any atom is -0.379 e. The van der Waals surface area contributed by atoms with E-state index in [1.807, 2.05) is 11.4 Å². The van der Waals surface area contributed by atoms with Crippen LogP contribution in [0.2, 0.25) is 0 Å². The maximum Gasteiger partial charge on any atom is 0.243 e. The molecule has 4 aromatic rings. The van der Waals surface area contributed by atoms with Crippen LogP contribution < -0.4 is 4.80 Å². The number of sulfonamides is 1. The van der Waals surface area contributed by atoms with E-state index in [1.165, 1.54) is 16.4 Å². The lowest BCUT2D eigenvalue weighted by Gasteiger charge is -2.26. The molecule has 1 aliphatic heterocycles. The third-order valence-electron chi connectivity index (χ3n) is 5.78. The predicted octanol–water partition coefficient (Wildman–Crippen LogP) is 4.91. The molecule has 0 radical (unpaired) electrons. The molecule has 0 aliphatic carbocycles. The van der Waals surface area contributed by atoms with Crippen molar-refractivity contribution in [2.75, 3.05) is 26.3 Å². The van der Waals surface area contributed by atoms with E-state index in [1.54, 1.807) is 59.1 Å². The molecule has 35 heavy (non-hydrogen) atoms. The van der Waals surface area contributed by atoms with Crippen LogP contribution in [0, 0.1) is 5.82 Å². The minimum atomic E-state index is -3.54. The molecule has 0 saturated carbocycles. The zero-order valence-corrected chi connectivity index (χ0v) is 21.3.